The molecule has 5 rings (SSSR count). The van der Waals surface area contributed by atoms with Crippen LogP contribution in [-0.4, -0.2) is 19.1 Å². The normalized spacial score (nSPS) is 18.4. The molecule has 0 bridgehead atoms. The Kier molecular flexibility index (Phi) is 6.59. The average Bonchev–Trinajstić information content (AvgIpc) is 3.49. The second-order valence-electron chi connectivity index (χ2n) is 8.16. The van der Waals surface area contributed by atoms with Crippen molar-refractivity contribution in [1.82, 2.24) is 19.1 Å². The number of nitrogens with zero attached hydrogens (tertiary/aromatic N) is 4. The van der Waals surface area contributed by atoms with Crippen molar-refractivity contribution < 1.29 is 0 Å². The quantitative estimate of drug-likeness (QED) is 0.537. The van der Waals surface area contributed by atoms with Gasteiger partial charge in [0.2, 0.25) is 0 Å². The van der Waals surface area contributed by atoms with Crippen LogP contribution in [0.3, 0.4) is 0 Å². The minimum Gasteiger partial charge on any atom is -0.331 e. The van der Waals surface area contributed by atoms with E-state index < -0.39 is 0 Å². The largest absolute Gasteiger partial charge is 0.331 e. The van der Waals surface area contributed by atoms with E-state index in [1.54, 1.807) is 12.5 Å². The van der Waals surface area contributed by atoms with Gasteiger partial charge in [-0.15, -0.1) is 0 Å². The van der Waals surface area contributed by atoms with Gasteiger partial charge < -0.3 is 9.13 Å². The molecule has 2 heterocycles. The van der Waals surface area contributed by atoms with Crippen LogP contribution in [0.2, 0.25) is 0 Å². The van der Waals surface area contributed by atoms with Crippen LogP contribution in [0.25, 0.3) is 5.69 Å². The summed E-state index contributed by atoms with van der Waals surface area (Å²) < 4.78 is 4.50. The summed E-state index contributed by atoms with van der Waals surface area (Å²) in [6.45, 7) is 0. The van der Waals surface area contributed by atoms with Gasteiger partial charge in [-0.25, -0.2) is 9.97 Å². The average molecular weight is 377 g/mol. The third kappa shape index (κ3) is 4.73. The van der Waals surface area contributed by atoms with Gasteiger partial charge in [0.05, 0.1) is 12.7 Å². The summed E-state index contributed by atoms with van der Waals surface area (Å²) >= 11 is 0. The Bertz CT molecular complexity index is 762. The molecular formula is C24H32N4. The molecule has 4 nitrogen and oxygen atoms in total. The molecule has 0 saturated heterocycles. The summed E-state index contributed by atoms with van der Waals surface area (Å²) in [5, 5.41) is 0. The molecule has 0 radical (unpaired) electrons. The third-order valence-corrected chi connectivity index (χ3v) is 6.25. The van der Waals surface area contributed by atoms with Gasteiger partial charge in [0.1, 0.15) is 0 Å². The van der Waals surface area contributed by atoms with E-state index in [0.29, 0.717) is 0 Å². The van der Waals surface area contributed by atoms with E-state index in [9.17, 15) is 0 Å². The van der Waals surface area contributed by atoms with E-state index in [-0.39, 0.29) is 0 Å². The van der Waals surface area contributed by atoms with Crippen molar-refractivity contribution in [2.24, 2.45) is 0 Å². The zero-order chi connectivity index (χ0) is 19.0. The number of imidazole rings is 2. The highest BCUT2D eigenvalue weighted by atomic mass is 15.1. The van der Waals surface area contributed by atoms with Crippen molar-refractivity contribution in [2.45, 2.75) is 76.2 Å². The first-order valence-electron chi connectivity index (χ1n) is 11.0. The predicted molar refractivity (Wildman–Crippen MR) is 114 cm³/mol. The van der Waals surface area contributed by atoms with Gasteiger partial charge in [-0.1, -0.05) is 56.7 Å². The molecule has 0 aliphatic heterocycles. The molecule has 1 aromatic carbocycles. The SMILES string of the molecule is c1ccc(-n2ccnc2)cc1.c1ncn(C2CCCCC2)c1C1CCCCC1. The molecule has 2 saturated carbocycles. The smallest absolute Gasteiger partial charge is 0.0991 e. The van der Waals surface area contributed by atoms with Gasteiger partial charge in [0.15, 0.2) is 0 Å². The molecule has 0 amide bonds. The van der Waals surface area contributed by atoms with Crippen molar-refractivity contribution in [3.63, 3.8) is 0 Å². The van der Waals surface area contributed by atoms with Crippen LogP contribution in [0.15, 0.2) is 61.6 Å². The second kappa shape index (κ2) is 9.72. The molecule has 0 unspecified atom stereocenters. The first kappa shape index (κ1) is 19.0. The topological polar surface area (TPSA) is 35.6 Å². The summed E-state index contributed by atoms with van der Waals surface area (Å²) in [6, 6.07) is 10.9. The van der Waals surface area contributed by atoms with Gasteiger partial charge in [0, 0.05) is 41.9 Å². The molecule has 2 aromatic heterocycles. The molecule has 28 heavy (non-hydrogen) atoms. The summed E-state index contributed by atoms with van der Waals surface area (Å²) in [6.07, 6.45) is 23.8. The first-order chi connectivity index (χ1) is 13.9. The molecule has 2 aliphatic rings. The van der Waals surface area contributed by atoms with Gasteiger partial charge in [-0.3, -0.25) is 0 Å². The first-order valence-corrected chi connectivity index (χ1v) is 11.0. The van der Waals surface area contributed by atoms with E-state index in [0.717, 1.165) is 17.6 Å². The van der Waals surface area contributed by atoms with Crippen LogP contribution >= 0.6 is 0 Å². The highest BCUT2D eigenvalue weighted by Crippen LogP contribution is 2.36. The zero-order valence-electron chi connectivity index (χ0n) is 16.8. The Morgan fingerprint density at radius 3 is 2.14 bits per heavy atom. The van der Waals surface area contributed by atoms with E-state index in [1.165, 1.54) is 69.9 Å². The number of hydrogen-bond acceptors (Lipinski definition) is 2. The fourth-order valence-corrected chi connectivity index (χ4v) is 4.71. The van der Waals surface area contributed by atoms with Crippen LogP contribution in [0.1, 0.15) is 81.9 Å². The van der Waals surface area contributed by atoms with Crippen molar-refractivity contribution in [3.05, 3.63) is 67.3 Å². The van der Waals surface area contributed by atoms with E-state index >= 15 is 0 Å². The van der Waals surface area contributed by atoms with Crippen LogP contribution < -0.4 is 0 Å². The lowest BCUT2D eigenvalue weighted by atomic mass is 9.86. The van der Waals surface area contributed by atoms with Gasteiger partial charge in [0.25, 0.3) is 0 Å². The number of rotatable bonds is 3. The van der Waals surface area contributed by atoms with Crippen LogP contribution in [0, 0.1) is 0 Å². The predicted octanol–water partition coefficient (Wildman–Crippen LogP) is 6.31. The summed E-state index contributed by atoms with van der Waals surface area (Å²) in [4.78, 5) is 8.40. The van der Waals surface area contributed by atoms with Crippen molar-refractivity contribution in [2.75, 3.05) is 0 Å². The molecule has 0 atom stereocenters. The van der Waals surface area contributed by atoms with E-state index in [1.807, 2.05) is 41.1 Å². The number of aromatic nitrogens is 4. The highest BCUT2D eigenvalue weighted by Gasteiger charge is 2.23. The Hall–Kier alpha value is -2.36. The summed E-state index contributed by atoms with van der Waals surface area (Å²) in [5.74, 6) is 0.799. The maximum absolute atomic E-state index is 4.44. The van der Waals surface area contributed by atoms with Crippen LogP contribution in [0.4, 0.5) is 0 Å². The van der Waals surface area contributed by atoms with E-state index in [2.05, 4.69) is 27.1 Å². The minimum atomic E-state index is 0.753. The Balaban J connectivity index is 0.000000151. The standard InChI is InChI=1S/C15H24N2.C9H8N2/c1-3-7-13(8-4-1)15-11-16-12-17(15)14-9-5-2-6-10-14;1-2-4-9(5-3-1)11-7-6-10-8-11/h11-14H,1-10H2;1-8H. The third-order valence-electron chi connectivity index (χ3n) is 6.25. The van der Waals surface area contributed by atoms with Crippen LogP contribution in [-0.2, 0) is 0 Å². The number of para-hydroxylation sites is 1. The maximum Gasteiger partial charge on any atom is 0.0991 e. The fraction of sp³-hybridized carbons (Fsp3) is 0.500. The van der Waals surface area contributed by atoms with Gasteiger partial charge in [-0.05, 0) is 37.8 Å². The molecule has 2 fully saturated rings. The molecule has 3 aromatic rings. The number of hydrogen-bond donors (Lipinski definition) is 0. The summed E-state index contributed by atoms with van der Waals surface area (Å²) in [5.41, 5.74) is 2.68. The van der Waals surface area contributed by atoms with Crippen molar-refractivity contribution >= 4 is 0 Å². The lowest BCUT2D eigenvalue weighted by Gasteiger charge is -2.29. The van der Waals surface area contributed by atoms with Crippen LogP contribution in [0.5, 0.6) is 0 Å². The zero-order valence-corrected chi connectivity index (χ0v) is 16.8. The highest BCUT2D eigenvalue weighted by molar-refractivity contribution is 5.30. The number of benzene rings is 1. The monoisotopic (exact) mass is 376 g/mol. The molecule has 0 N–H and O–H groups in total. The lowest BCUT2D eigenvalue weighted by molar-refractivity contribution is 0.331. The van der Waals surface area contributed by atoms with Crippen molar-refractivity contribution in [1.29, 1.82) is 0 Å². The fourth-order valence-electron chi connectivity index (χ4n) is 4.71. The minimum absolute atomic E-state index is 0.753. The Morgan fingerprint density at radius 2 is 1.46 bits per heavy atom. The lowest BCUT2D eigenvalue weighted by Crippen LogP contribution is -2.17. The summed E-state index contributed by atoms with van der Waals surface area (Å²) in [7, 11) is 0. The van der Waals surface area contributed by atoms with Crippen molar-refractivity contribution in [3.8, 4) is 5.69 Å². The molecule has 148 valence electrons. The molecular weight excluding hydrogens is 344 g/mol. The second-order valence-corrected chi connectivity index (χ2v) is 8.16. The maximum atomic E-state index is 4.44. The van der Waals surface area contributed by atoms with Gasteiger partial charge in [-0.2, -0.15) is 0 Å². The van der Waals surface area contributed by atoms with Gasteiger partial charge >= 0.3 is 0 Å². The molecule has 2 aliphatic carbocycles. The molecule has 4 heteroatoms. The molecule has 0 spiro atoms. The Labute approximate surface area is 168 Å². The Morgan fingerprint density at radius 1 is 0.750 bits per heavy atom. The van der Waals surface area contributed by atoms with E-state index in [4.69, 9.17) is 0 Å².